The van der Waals surface area contributed by atoms with Gasteiger partial charge in [0.25, 0.3) is 0 Å². The summed E-state index contributed by atoms with van der Waals surface area (Å²) in [4.78, 5) is 0. The van der Waals surface area contributed by atoms with Gasteiger partial charge in [0, 0.05) is 12.7 Å². The number of halogens is 1. The summed E-state index contributed by atoms with van der Waals surface area (Å²) in [5.74, 6) is 7.02. The van der Waals surface area contributed by atoms with Gasteiger partial charge in [-0.3, -0.25) is 0 Å². The second-order valence-electron chi connectivity index (χ2n) is 3.25. The molecule has 0 atom stereocenters. The largest absolute Gasteiger partial charge is 0.491 e. The molecule has 0 saturated heterocycles. The summed E-state index contributed by atoms with van der Waals surface area (Å²) in [6, 6.07) is 5.81. The van der Waals surface area contributed by atoms with Crippen molar-refractivity contribution in [3.05, 3.63) is 29.3 Å². The Morgan fingerprint density at radius 3 is 2.75 bits per heavy atom. The molecule has 0 unspecified atom stereocenters. The minimum absolute atomic E-state index is 0.353. The monoisotopic (exact) mass is 238 g/mol. The lowest BCUT2D eigenvalue weighted by Gasteiger charge is -2.07. The van der Waals surface area contributed by atoms with Crippen LogP contribution in [0.4, 0.5) is 0 Å². The molecule has 3 heteroatoms. The van der Waals surface area contributed by atoms with Crippen molar-refractivity contribution in [2.75, 3.05) is 26.2 Å². The van der Waals surface area contributed by atoms with Crippen molar-refractivity contribution in [2.24, 2.45) is 0 Å². The van der Waals surface area contributed by atoms with Gasteiger partial charge in [-0.05, 0) is 30.7 Å². The quantitative estimate of drug-likeness (QED) is 0.456. The number of rotatable bonds is 4. The first kappa shape index (κ1) is 12.9. The lowest BCUT2D eigenvalue weighted by molar-refractivity contribution is 0.146. The highest BCUT2D eigenvalue weighted by molar-refractivity contribution is 6.19. The Morgan fingerprint density at radius 1 is 1.31 bits per heavy atom. The molecule has 0 aliphatic carbocycles. The van der Waals surface area contributed by atoms with E-state index in [1.807, 2.05) is 25.1 Å². The lowest BCUT2D eigenvalue weighted by Crippen LogP contribution is -2.04. The van der Waals surface area contributed by atoms with Crippen LogP contribution in [0.25, 0.3) is 0 Å². The predicted octanol–water partition coefficient (Wildman–Crippen LogP) is 2.61. The van der Waals surface area contributed by atoms with Gasteiger partial charge in [0.1, 0.15) is 12.4 Å². The van der Waals surface area contributed by atoms with Gasteiger partial charge in [-0.15, -0.1) is 11.6 Å². The Hall–Kier alpha value is -1.17. The molecule has 0 spiro atoms. The van der Waals surface area contributed by atoms with Crippen LogP contribution < -0.4 is 4.74 Å². The van der Waals surface area contributed by atoms with Crippen LogP contribution in [0.1, 0.15) is 11.1 Å². The maximum absolute atomic E-state index is 5.51. The molecule has 0 heterocycles. The van der Waals surface area contributed by atoms with Gasteiger partial charge in [0.15, 0.2) is 0 Å². The summed E-state index contributed by atoms with van der Waals surface area (Å²) in [7, 11) is 1.65. The zero-order valence-corrected chi connectivity index (χ0v) is 10.3. The third-order valence-electron chi connectivity index (χ3n) is 2.04. The van der Waals surface area contributed by atoms with Crippen molar-refractivity contribution in [1.82, 2.24) is 0 Å². The average Bonchev–Trinajstić information content (AvgIpc) is 2.28. The number of methoxy groups -OCH3 is 1. The van der Waals surface area contributed by atoms with Crippen LogP contribution in [0.3, 0.4) is 0 Å². The maximum Gasteiger partial charge on any atom is 0.119 e. The fourth-order valence-electron chi connectivity index (χ4n) is 1.24. The van der Waals surface area contributed by atoms with Crippen molar-refractivity contribution in [3.8, 4) is 17.6 Å². The Morgan fingerprint density at radius 2 is 2.12 bits per heavy atom. The van der Waals surface area contributed by atoms with E-state index in [0.29, 0.717) is 19.1 Å². The zero-order valence-electron chi connectivity index (χ0n) is 9.55. The van der Waals surface area contributed by atoms with Gasteiger partial charge in [0.2, 0.25) is 0 Å². The van der Waals surface area contributed by atoms with E-state index in [1.165, 1.54) is 0 Å². The van der Waals surface area contributed by atoms with Crippen molar-refractivity contribution < 1.29 is 9.47 Å². The second kappa shape index (κ2) is 7.16. The van der Waals surface area contributed by atoms with E-state index in [1.54, 1.807) is 7.11 Å². The smallest absolute Gasteiger partial charge is 0.119 e. The van der Waals surface area contributed by atoms with Crippen LogP contribution in [0.5, 0.6) is 5.75 Å². The molecule has 1 aromatic carbocycles. The van der Waals surface area contributed by atoms with Gasteiger partial charge >= 0.3 is 0 Å². The standard InChI is InChI=1S/C13H15ClO2/c1-11-10-13(16-9-8-15-2)6-5-12(11)4-3-7-14/h5-6,10H,7-9H2,1-2H3. The maximum atomic E-state index is 5.51. The van der Waals surface area contributed by atoms with Crippen LogP contribution in [0, 0.1) is 18.8 Å². The van der Waals surface area contributed by atoms with Gasteiger partial charge in [-0.2, -0.15) is 0 Å². The number of alkyl halides is 1. The second-order valence-corrected chi connectivity index (χ2v) is 3.52. The van der Waals surface area contributed by atoms with Gasteiger partial charge < -0.3 is 9.47 Å². The topological polar surface area (TPSA) is 18.5 Å². The van der Waals surface area contributed by atoms with Gasteiger partial charge in [0.05, 0.1) is 12.5 Å². The van der Waals surface area contributed by atoms with Crippen LogP contribution in [0.2, 0.25) is 0 Å². The minimum atomic E-state index is 0.353. The van der Waals surface area contributed by atoms with E-state index < -0.39 is 0 Å². The number of ether oxygens (including phenoxy) is 2. The zero-order chi connectivity index (χ0) is 11.8. The van der Waals surface area contributed by atoms with E-state index in [2.05, 4.69) is 11.8 Å². The SMILES string of the molecule is COCCOc1ccc(C#CCCl)c(C)c1. The van der Waals surface area contributed by atoms with Crippen molar-refractivity contribution in [1.29, 1.82) is 0 Å². The van der Waals surface area contributed by atoms with Gasteiger partial charge in [-0.25, -0.2) is 0 Å². The van der Waals surface area contributed by atoms with E-state index in [9.17, 15) is 0 Å². The average molecular weight is 239 g/mol. The number of aryl methyl sites for hydroxylation is 1. The fourth-order valence-corrected chi connectivity index (χ4v) is 1.30. The molecule has 1 aromatic rings. The summed E-state index contributed by atoms with van der Waals surface area (Å²) in [5.41, 5.74) is 2.08. The lowest BCUT2D eigenvalue weighted by atomic mass is 10.1. The van der Waals surface area contributed by atoms with Crippen LogP contribution in [0.15, 0.2) is 18.2 Å². The molecule has 1 rings (SSSR count). The number of hydrogen-bond donors (Lipinski definition) is 0. The highest BCUT2D eigenvalue weighted by Gasteiger charge is 1.98. The molecule has 0 bridgehead atoms. The highest BCUT2D eigenvalue weighted by atomic mass is 35.5. The predicted molar refractivity (Wildman–Crippen MR) is 66.1 cm³/mol. The molecule has 0 amide bonds. The molecule has 16 heavy (non-hydrogen) atoms. The third-order valence-corrected chi connectivity index (χ3v) is 2.18. The molecular formula is C13H15ClO2. The Balaban J connectivity index is 2.67. The first-order valence-corrected chi connectivity index (χ1v) is 5.58. The van der Waals surface area contributed by atoms with E-state index in [0.717, 1.165) is 16.9 Å². The number of benzene rings is 1. The van der Waals surface area contributed by atoms with E-state index in [4.69, 9.17) is 21.1 Å². The molecular weight excluding hydrogens is 224 g/mol. The van der Waals surface area contributed by atoms with Crippen molar-refractivity contribution in [2.45, 2.75) is 6.92 Å². The summed E-state index contributed by atoms with van der Waals surface area (Å²) < 4.78 is 10.4. The van der Waals surface area contributed by atoms with Gasteiger partial charge in [-0.1, -0.05) is 11.8 Å². The fraction of sp³-hybridized carbons (Fsp3) is 0.385. The number of hydrogen-bond acceptors (Lipinski definition) is 2. The molecule has 0 saturated carbocycles. The molecule has 86 valence electrons. The summed E-state index contributed by atoms with van der Waals surface area (Å²) in [6.07, 6.45) is 0. The molecule has 2 nitrogen and oxygen atoms in total. The first-order chi connectivity index (χ1) is 7.77. The van der Waals surface area contributed by atoms with Crippen molar-refractivity contribution in [3.63, 3.8) is 0 Å². The van der Waals surface area contributed by atoms with Crippen LogP contribution in [-0.2, 0) is 4.74 Å². The Kier molecular flexibility index (Phi) is 5.77. The van der Waals surface area contributed by atoms with Crippen LogP contribution >= 0.6 is 11.6 Å². The summed E-state index contributed by atoms with van der Waals surface area (Å²) in [6.45, 7) is 3.15. The molecule has 0 aliphatic rings. The minimum Gasteiger partial charge on any atom is -0.491 e. The molecule has 0 aromatic heterocycles. The molecule has 0 N–H and O–H groups in total. The molecule has 0 aliphatic heterocycles. The third kappa shape index (κ3) is 4.14. The first-order valence-electron chi connectivity index (χ1n) is 5.05. The van der Waals surface area contributed by atoms with Crippen LogP contribution in [-0.4, -0.2) is 26.2 Å². The summed E-state index contributed by atoms with van der Waals surface area (Å²) >= 11 is 5.51. The van der Waals surface area contributed by atoms with E-state index in [-0.39, 0.29) is 0 Å². The summed E-state index contributed by atoms with van der Waals surface area (Å²) in [5, 5.41) is 0. The van der Waals surface area contributed by atoms with E-state index >= 15 is 0 Å². The Bertz CT molecular complexity index is 391. The highest BCUT2D eigenvalue weighted by Crippen LogP contribution is 2.16. The molecule has 0 fully saturated rings. The molecule has 0 radical (unpaired) electrons. The van der Waals surface area contributed by atoms with Crippen molar-refractivity contribution >= 4 is 11.6 Å². The Labute approximate surface area is 102 Å². The normalized spacial score (nSPS) is 9.44.